The number of anilines is 1. The average molecular weight is 370 g/mol. The van der Waals surface area contributed by atoms with Gasteiger partial charge in [-0.15, -0.1) is 0 Å². The van der Waals surface area contributed by atoms with Gasteiger partial charge in [0.15, 0.2) is 5.78 Å². The van der Waals surface area contributed by atoms with E-state index in [0.717, 1.165) is 0 Å². The van der Waals surface area contributed by atoms with Gasteiger partial charge in [0.05, 0.1) is 16.8 Å². The molecule has 1 aliphatic heterocycles. The number of thiocarbonyl (C=S) groups is 1. The van der Waals surface area contributed by atoms with Crippen molar-refractivity contribution in [3.63, 3.8) is 0 Å². The summed E-state index contributed by atoms with van der Waals surface area (Å²) >= 11 is 5.58. The Kier molecular flexibility index (Phi) is 4.44. The monoisotopic (exact) mass is 370 g/mol. The van der Waals surface area contributed by atoms with Crippen LogP contribution in [-0.4, -0.2) is 21.7 Å². The Hall–Kier alpha value is -3.44. The second-order valence-corrected chi connectivity index (χ2v) is 6.35. The largest absolute Gasteiger partial charge is 0.288 e. The Balaban J connectivity index is 1.89. The lowest BCUT2D eigenvalue weighted by molar-refractivity contribution is -0.112. The molecule has 0 fully saturated rings. The predicted octanol–water partition coefficient (Wildman–Crippen LogP) is 4.09. The predicted molar refractivity (Wildman–Crippen MR) is 108 cm³/mol. The van der Waals surface area contributed by atoms with Crippen LogP contribution in [0.5, 0.6) is 0 Å². The van der Waals surface area contributed by atoms with Gasteiger partial charge in [-0.3, -0.25) is 19.5 Å². The fourth-order valence-corrected chi connectivity index (χ4v) is 3.45. The molecule has 0 saturated carbocycles. The van der Waals surface area contributed by atoms with Crippen LogP contribution in [0.2, 0.25) is 0 Å². The number of aromatic nitrogens is 1. The van der Waals surface area contributed by atoms with E-state index in [9.17, 15) is 9.59 Å². The molecule has 3 aromatic rings. The minimum Gasteiger partial charge on any atom is -0.288 e. The van der Waals surface area contributed by atoms with Crippen LogP contribution in [0, 0.1) is 0 Å². The summed E-state index contributed by atoms with van der Waals surface area (Å²) in [6.45, 7) is 0. The number of amides is 1. The molecular weight excluding hydrogens is 356 g/mol. The minimum absolute atomic E-state index is 0.207. The number of nitrogens with zero attached hydrogens (tertiary/aromatic N) is 2. The van der Waals surface area contributed by atoms with E-state index in [4.69, 9.17) is 12.2 Å². The highest BCUT2D eigenvalue weighted by Crippen LogP contribution is 2.35. The second kappa shape index (κ2) is 7.05. The van der Waals surface area contributed by atoms with Gasteiger partial charge in [0.1, 0.15) is 4.99 Å². The van der Waals surface area contributed by atoms with E-state index in [1.54, 1.807) is 42.6 Å². The minimum atomic E-state index is -0.307. The molecule has 1 aromatic heterocycles. The molecule has 0 unspecified atom stereocenters. The third kappa shape index (κ3) is 2.98. The van der Waals surface area contributed by atoms with Gasteiger partial charge < -0.3 is 0 Å². The van der Waals surface area contributed by atoms with Gasteiger partial charge in [-0.25, -0.2) is 0 Å². The topological polar surface area (TPSA) is 50.3 Å². The molecule has 2 aromatic carbocycles. The van der Waals surface area contributed by atoms with Gasteiger partial charge >= 0.3 is 0 Å². The molecular formula is C22H14N2O2S. The number of carbonyl (C=O) groups excluding carboxylic acids is 2. The molecule has 130 valence electrons. The lowest BCUT2D eigenvalue weighted by Crippen LogP contribution is -2.31. The summed E-state index contributed by atoms with van der Waals surface area (Å²) in [6, 6.07) is 21.6. The maximum Gasteiger partial charge on any atom is 0.264 e. The zero-order valence-electron chi connectivity index (χ0n) is 14.2. The lowest BCUT2D eigenvalue weighted by Gasteiger charge is -2.17. The zero-order valence-corrected chi connectivity index (χ0v) is 15.0. The van der Waals surface area contributed by atoms with Crippen LogP contribution < -0.4 is 4.90 Å². The first kappa shape index (κ1) is 17.0. The Labute approximate surface area is 161 Å². The number of pyridine rings is 1. The van der Waals surface area contributed by atoms with E-state index >= 15 is 0 Å². The molecule has 0 saturated heterocycles. The summed E-state index contributed by atoms with van der Waals surface area (Å²) in [5.41, 5.74) is 2.24. The standard InChI is InChI=1S/C22H14N2O2S/c25-20(16-10-7-13-23-14-16)19-18(15-8-3-1-4-9-15)21(26)24(22(19)27)17-11-5-2-6-12-17/h1-14H. The Bertz CT molecular complexity index is 1060. The highest BCUT2D eigenvalue weighted by atomic mass is 32.1. The third-order valence-electron chi connectivity index (χ3n) is 4.31. The molecule has 1 amide bonds. The summed E-state index contributed by atoms with van der Waals surface area (Å²) in [4.78, 5) is 32.1. The smallest absolute Gasteiger partial charge is 0.264 e. The molecule has 2 heterocycles. The van der Waals surface area contributed by atoms with Crippen molar-refractivity contribution < 1.29 is 9.59 Å². The number of rotatable bonds is 4. The van der Waals surface area contributed by atoms with E-state index < -0.39 is 0 Å². The van der Waals surface area contributed by atoms with Gasteiger partial charge in [0.2, 0.25) is 0 Å². The molecule has 0 bridgehead atoms. The Morgan fingerprint density at radius 1 is 0.889 bits per heavy atom. The first-order valence-electron chi connectivity index (χ1n) is 8.36. The van der Waals surface area contributed by atoms with Gasteiger partial charge in [0, 0.05) is 18.0 Å². The fraction of sp³-hybridized carbons (Fsp3) is 0. The van der Waals surface area contributed by atoms with E-state index in [0.29, 0.717) is 22.4 Å². The molecule has 0 spiro atoms. The van der Waals surface area contributed by atoms with E-state index in [1.165, 1.54) is 11.1 Å². The van der Waals surface area contributed by atoms with Crippen LogP contribution in [0.1, 0.15) is 15.9 Å². The first-order chi connectivity index (χ1) is 13.2. The number of hydrogen-bond acceptors (Lipinski definition) is 4. The van der Waals surface area contributed by atoms with Crippen LogP contribution >= 0.6 is 12.2 Å². The third-order valence-corrected chi connectivity index (χ3v) is 4.70. The summed E-state index contributed by atoms with van der Waals surface area (Å²) in [5, 5.41) is 0. The quantitative estimate of drug-likeness (QED) is 0.513. The van der Waals surface area contributed by atoms with Gasteiger partial charge in [0.25, 0.3) is 5.91 Å². The SMILES string of the molecule is O=C(C1=C(c2ccccc2)C(=O)N(c2ccccc2)C1=S)c1cccnc1. The average Bonchev–Trinajstić information content (AvgIpc) is 2.99. The number of carbonyl (C=O) groups is 2. The highest BCUT2D eigenvalue weighted by molar-refractivity contribution is 7.81. The van der Waals surface area contributed by atoms with Crippen LogP contribution in [0.3, 0.4) is 0 Å². The number of Topliss-reactive ketones (excluding diaryl/α,β-unsaturated/α-hetero) is 1. The molecule has 0 N–H and O–H groups in total. The van der Waals surface area contributed by atoms with E-state index in [1.807, 2.05) is 36.4 Å². The molecule has 27 heavy (non-hydrogen) atoms. The molecule has 0 aliphatic carbocycles. The Morgan fingerprint density at radius 3 is 2.19 bits per heavy atom. The van der Waals surface area contributed by atoms with Crippen molar-refractivity contribution in [3.05, 3.63) is 102 Å². The molecule has 0 radical (unpaired) electrons. The van der Waals surface area contributed by atoms with Gasteiger partial charge in [-0.1, -0.05) is 60.7 Å². The second-order valence-electron chi connectivity index (χ2n) is 5.97. The number of hydrogen-bond donors (Lipinski definition) is 0. The zero-order chi connectivity index (χ0) is 18.8. The summed E-state index contributed by atoms with van der Waals surface area (Å²) < 4.78 is 0. The van der Waals surface area contributed by atoms with Crippen LogP contribution in [0.4, 0.5) is 5.69 Å². The van der Waals surface area contributed by atoms with Crippen molar-refractivity contribution in [3.8, 4) is 0 Å². The molecule has 0 atom stereocenters. The molecule has 4 rings (SSSR count). The first-order valence-corrected chi connectivity index (χ1v) is 8.77. The highest BCUT2D eigenvalue weighted by Gasteiger charge is 2.40. The van der Waals surface area contributed by atoms with E-state index in [2.05, 4.69) is 4.98 Å². The van der Waals surface area contributed by atoms with Crippen molar-refractivity contribution in [1.82, 2.24) is 4.98 Å². The van der Waals surface area contributed by atoms with Crippen molar-refractivity contribution in [1.29, 1.82) is 0 Å². The summed E-state index contributed by atoms with van der Waals surface area (Å²) in [5.74, 6) is -0.608. The van der Waals surface area contributed by atoms with Crippen molar-refractivity contribution >= 4 is 40.2 Å². The van der Waals surface area contributed by atoms with Crippen molar-refractivity contribution in [2.24, 2.45) is 0 Å². The molecule has 4 nitrogen and oxygen atoms in total. The maximum atomic E-state index is 13.3. The van der Waals surface area contributed by atoms with Crippen LogP contribution in [-0.2, 0) is 4.79 Å². The maximum absolute atomic E-state index is 13.3. The van der Waals surface area contributed by atoms with Crippen molar-refractivity contribution in [2.45, 2.75) is 0 Å². The summed E-state index contributed by atoms with van der Waals surface area (Å²) in [7, 11) is 0. The molecule has 1 aliphatic rings. The fourth-order valence-electron chi connectivity index (χ4n) is 3.07. The Morgan fingerprint density at radius 2 is 1.56 bits per heavy atom. The normalized spacial score (nSPS) is 14.0. The summed E-state index contributed by atoms with van der Waals surface area (Å²) in [6.07, 6.45) is 3.08. The van der Waals surface area contributed by atoms with E-state index in [-0.39, 0.29) is 22.3 Å². The van der Waals surface area contributed by atoms with Gasteiger partial charge in [-0.2, -0.15) is 0 Å². The van der Waals surface area contributed by atoms with Crippen LogP contribution in [0.25, 0.3) is 5.57 Å². The van der Waals surface area contributed by atoms with Gasteiger partial charge in [-0.05, 0) is 29.8 Å². The number of benzene rings is 2. The molecule has 5 heteroatoms. The van der Waals surface area contributed by atoms with Crippen LogP contribution in [0.15, 0.2) is 90.8 Å². The lowest BCUT2D eigenvalue weighted by atomic mass is 9.96. The number of ketones is 1. The number of para-hydroxylation sites is 1. The van der Waals surface area contributed by atoms with Crippen molar-refractivity contribution in [2.75, 3.05) is 4.90 Å².